The van der Waals surface area contributed by atoms with Gasteiger partial charge in [-0.05, 0) is 35.4 Å². The van der Waals surface area contributed by atoms with E-state index in [1.807, 2.05) is 0 Å². The molecule has 0 heterocycles. The number of benzene rings is 2. The summed E-state index contributed by atoms with van der Waals surface area (Å²) in [5, 5.41) is 5.80. The predicted octanol–water partition coefficient (Wildman–Crippen LogP) is 2.39. The van der Waals surface area contributed by atoms with E-state index in [1.165, 1.54) is 31.2 Å². The van der Waals surface area contributed by atoms with Crippen LogP contribution in [0.25, 0.3) is 0 Å². The highest BCUT2D eigenvalue weighted by Gasteiger charge is 2.26. The Morgan fingerprint density at radius 2 is 1.76 bits per heavy atom. The summed E-state index contributed by atoms with van der Waals surface area (Å²) in [6.07, 6.45) is 0.0835. The molecule has 0 fully saturated rings. The number of nitrogens with two attached hydrogens (primary N) is 1. The van der Waals surface area contributed by atoms with E-state index in [0.717, 1.165) is 0 Å². The number of hydrogen-bond acceptors (Lipinski definition) is 3. The van der Waals surface area contributed by atoms with Gasteiger partial charge in [0.25, 0.3) is 0 Å². The number of carbonyl (C=O) groups excluding carboxylic acids is 3. The SMILES string of the molecule is CC(=O)N[C@H](Cc1cccc(F)c1)C(=O)N[C@H](Cc1ccc(Cl)cc1Cl)C(N)=O. The molecule has 2 rings (SSSR count). The minimum Gasteiger partial charge on any atom is -0.368 e. The fourth-order valence-corrected chi connectivity index (χ4v) is 3.24. The van der Waals surface area contributed by atoms with Crippen LogP contribution in [0, 0.1) is 5.82 Å². The zero-order chi connectivity index (χ0) is 21.6. The van der Waals surface area contributed by atoms with Crippen LogP contribution in [-0.2, 0) is 27.2 Å². The van der Waals surface area contributed by atoms with E-state index < -0.39 is 35.6 Å². The van der Waals surface area contributed by atoms with Gasteiger partial charge in [0.05, 0.1) is 0 Å². The second-order valence-corrected chi connectivity index (χ2v) is 7.33. The minimum absolute atomic E-state index is 0.0381. The molecule has 2 aromatic rings. The fourth-order valence-electron chi connectivity index (χ4n) is 2.76. The Kier molecular flexibility index (Phi) is 7.99. The third kappa shape index (κ3) is 7.03. The predicted molar refractivity (Wildman–Crippen MR) is 109 cm³/mol. The van der Waals surface area contributed by atoms with Crippen LogP contribution in [0.4, 0.5) is 4.39 Å². The lowest BCUT2D eigenvalue weighted by Crippen LogP contribution is -2.54. The molecular formula is C20H20Cl2FN3O3. The first kappa shape index (κ1) is 22.6. The van der Waals surface area contributed by atoms with E-state index in [0.29, 0.717) is 21.2 Å². The van der Waals surface area contributed by atoms with Crippen LogP contribution >= 0.6 is 23.2 Å². The second-order valence-electron chi connectivity index (χ2n) is 6.49. The molecule has 0 radical (unpaired) electrons. The van der Waals surface area contributed by atoms with Crippen LogP contribution < -0.4 is 16.4 Å². The molecule has 0 saturated carbocycles. The van der Waals surface area contributed by atoms with Crippen molar-refractivity contribution in [1.82, 2.24) is 10.6 Å². The number of halogens is 3. The number of amides is 3. The van der Waals surface area contributed by atoms with Gasteiger partial charge in [-0.15, -0.1) is 0 Å². The highest BCUT2D eigenvalue weighted by molar-refractivity contribution is 6.35. The number of nitrogens with one attached hydrogen (secondary N) is 2. The third-order valence-electron chi connectivity index (χ3n) is 4.12. The normalized spacial score (nSPS) is 12.7. The van der Waals surface area contributed by atoms with E-state index in [1.54, 1.807) is 18.2 Å². The van der Waals surface area contributed by atoms with E-state index in [2.05, 4.69) is 10.6 Å². The van der Waals surface area contributed by atoms with E-state index in [9.17, 15) is 18.8 Å². The van der Waals surface area contributed by atoms with Crippen molar-refractivity contribution in [2.24, 2.45) is 5.73 Å². The van der Waals surface area contributed by atoms with Gasteiger partial charge in [0, 0.05) is 29.8 Å². The van der Waals surface area contributed by atoms with Gasteiger partial charge in [0.15, 0.2) is 0 Å². The summed E-state index contributed by atoms with van der Waals surface area (Å²) in [5.41, 5.74) is 6.51. The lowest BCUT2D eigenvalue weighted by molar-refractivity contribution is -0.130. The molecule has 0 aliphatic carbocycles. The Labute approximate surface area is 177 Å². The highest BCUT2D eigenvalue weighted by Crippen LogP contribution is 2.22. The first-order chi connectivity index (χ1) is 13.7. The van der Waals surface area contributed by atoms with E-state index >= 15 is 0 Å². The van der Waals surface area contributed by atoms with Gasteiger partial charge < -0.3 is 16.4 Å². The molecule has 29 heavy (non-hydrogen) atoms. The molecule has 0 saturated heterocycles. The number of carbonyl (C=O) groups is 3. The highest BCUT2D eigenvalue weighted by atomic mass is 35.5. The van der Waals surface area contributed by atoms with E-state index in [-0.39, 0.29) is 12.8 Å². The Morgan fingerprint density at radius 3 is 2.34 bits per heavy atom. The molecular weight excluding hydrogens is 420 g/mol. The zero-order valence-corrected chi connectivity index (χ0v) is 17.1. The summed E-state index contributed by atoms with van der Waals surface area (Å²) in [7, 11) is 0. The standard InChI is InChI=1S/C20H20Cl2FN3O3/c1-11(27)25-18(8-12-3-2-4-15(23)7-12)20(29)26-17(19(24)28)9-13-5-6-14(21)10-16(13)22/h2-7,10,17-18H,8-9H2,1H3,(H2,24,28)(H,25,27)(H,26,29)/t17-,18-/m1/s1. The molecule has 0 bridgehead atoms. The Balaban J connectivity index is 2.17. The molecule has 0 aliphatic heterocycles. The van der Waals surface area contributed by atoms with Gasteiger partial charge in [-0.2, -0.15) is 0 Å². The number of primary amides is 1. The summed E-state index contributed by atoms with van der Waals surface area (Å²) >= 11 is 12.0. The molecule has 0 spiro atoms. The zero-order valence-electron chi connectivity index (χ0n) is 15.5. The van der Waals surface area contributed by atoms with E-state index in [4.69, 9.17) is 28.9 Å². The summed E-state index contributed by atoms with van der Waals surface area (Å²) in [6, 6.07) is 8.34. The van der Waals surface area contributed by atoms with Gasteiger partial charge in [0.1, 0.15) is 17.9 Å². The molecule has 2 aromatic carbocycles. The molecule has 9 heteroatoms. The van der Waals surface area contributed by atoms with Gasteiger partial charge in [0.2, 0.25) is 17.7 Å². The smallest absolute Gasteiger partial charge is 0.243 e. The van der Waals surface area contributed by atoms with Crippen LogP contribution in [0.15, 0.2) is 42.5 Å². The van der Waals surface area contributed by atoms with Crippen molar-refractivity contribution in [1.29, 1.82) is 0 Å². The van der Waals surface area contributed by atoms with Crippen LogP contribution in [0.3, 0.4) is 0 Å². The molecule has 0 unspecified atom stereocenters. The Bertz CT molecular complexity index is 924. The molecule has 3 amide bonds. The first-order valence-corrected chi connectivity index (χ1v) is 9.46. The molecule has 4 N–H and O–H groups in total. The van der Waals surface area contributed by atoms with Crippen molar-refractivity contribution in [3.05, 3.63) is 69.5 Å². The largest absolute Gasteiger partial charge is 0.368 e. The van der Waals surface area contributed by atoms with Crippen molar-refractivity contribution in [3.8, 4) is 0 Å². The molecule has 2 atom stereocenters. The lowest BCUT2D eigenvalue weighted by atomic mass is 10.0. The van der Waals surface area contributed by atoms with Crippen LogP contribution in [0.2, 0.25) is 10.0 Å². The van der Waals surface area contributed by atoms with Gasteiger partial charge in [-0.3, -0.25) is 14.4 Å². The maximum atomic E-state index is 13.4. The maximum absolute atomic E-state index is 13.4. The quantitative estimate of drug-likeness (QED) is 0.588. The third-order valence-corrected chi connectivity index (χ3v) is 4.71. The van der Waals surface area contributed by atoms with Gasteiger partial charge >= 0.3 is 0 Å². The molecule has 6 nitrogen and oxygen atoms in total. The molecule has 154 valence electrons. The Hall–Kier alpha value is -2.64. The summed E-state index contributed by atoms with van der Waals surface area (Å²) < 4.78 is 13.4. The van der Waals surface area contributed by atoms with Crippen LogP contribution in [-0.4, -0.2) is 29.8 Å². The van der Waals surface area contributed by atoms with Crippen molar-refractivity contribution in [3.63, 3.8) is 0 Å². The first-order valence-electron chi connectivity index (χ1n) is 8.71. The van der Waals surface area contributed by atoms with Crippen molar-refractivity contribution >= 4 is 40.9 Å². The molecule has 0 aliphatic rings. The average molecular weight is 440 g/mol. The minimum atomic E-state index is -1.06. The average Bonchev–Trinajstić information content (AvgIpc) is 2.62. The summed E-state index contributed by atoms with van der Waals surface area (Å²) in [5.74, 6) is -2.30. The fraction of sp³-hybridized carbons (Fsp3) is 0.250. The second kappa shape index (κ2) is 10.2. The molecule has 0 aromatic heterocycles. The monoisotopic (exact) mass is 439 g/mol. The summed E-state index contributed by atoms with van der Waals surface area (Å²) in [6.45, 7) is 1.25. The maximum Gasteiger partial charge on any atom is 0.243 e. The summed E-state index contributed by atoms with van der Waals surface area (Å²) in [4.78, 5) is 36.1. The lowest BCUT2D eigenvalue weighted by Gasteiger charge is -2.22. The topological polar surface area (TPSA) is 101 Å². The van der Waals surface area contributed by atoms with Crippen LogP contribution in [0.5, 0.6) is 0 Å². The van der Waals surface area contributed by atoms with Gasteiger partial charge in [-0.25, -0.2) is 4.39 Å². The van der Waals surface area contributed by atoms with Crippen molar-refractivity contribution in [2.45, 2.75) is 31.8 Å². The Morgan fingerprint density at radius 1 is 1.03 bits per heavy atom. The van der Waals surface area contributed by atoms with Crippen molar-refractivity contribution in [2.75, 3.05) is 0 Å². The van der Waals surface area contributed by atoms with Crippen LogP contribution in [0.1, 0.15) is 18.1 Å². The van der Waals surface area contributed by atoms with Crippen molar-refractivity contribution < 1.29 is 18.8 Å². The number of rotatable bonds is 8. The number of hydrogen-bond donors (Lipinski definition) is 3. The van der Waals surface area contributed by atoms with Gasteiger partial charge in [-0.1, -0.05) is 41.4 Å².